The molecule has 0 unspecified atom stereocenters. The number of anilines is 1. The van der Waals surface area contributed by atoms with Crippen LogP contribution in [0.15, 0.2) is 52.7 Å². The van der Waals surface area contributed by atoms with Gasteiger partial charge in [-0.1, -0.05) is 18.2 Å². The predicted molar refractivity (Wildman–Crippen MR) is 96.0 cm³/mol. The van der Waals surface area contributed by atoms with E-state index in [-0.39, 0.29) is 6.85 Å². The number of hydrogen-bond donors (Lipinski definition) is 0. The number of nitrogens with zero attached hydrogens (tertiary/aromatic N) is 2. The Morgan fingerprint density at radius 2 is 1.91 bits per heavy atom. The summed E-state index contributed by atoms with van der Waals surface area (Å²) >= 11 is 0. The maximum atomic E-state index is 6.06. The van der Waals surface area contributed by atoms with Gasteiger partial charge in [0, 0.05) is 23.0 Å². The summed E-state index contributed by atoms with van der Waals surface area (Å²) in [5.41, 5.74) is 4.70. The molecule has 0 N–H and O–H groups in total. The molecule has 3 heterocycles. The van der Waals surface area contributed by atoms with Crippen LogP contribution in [0.2, 0.25) is 6.82 Å². The summed E-state index contributed by atoms with van der Waals surface area (Å²) in [6.45, 7) is 6.76. The first kappa shape index (κ1) is 14.1. The van der Waals surface area contributed by atoms with Gasteiger partial charge in [-0.15, -0.1) is 0 Å². The number of hydrogen-bond acceptors (Lipinski definition) is 2. The van der Waals surface area contributed by atoms with Crippen LogP contribution in [0.3, 0.4) is 0 Å². The lowest BCUT2D eigenvalue weighted by atomic mass is 9.53. The topological polar surface area (TPSA) is 20.3 Å². The van der Waals surface area contributed by atoms with E-state index in [4.69, 9.17) is 4.42 Å². The highest BCUT2D eigenvalue weighted by Crippen LogP contribution is 2.28. The fourth-order valence-electron chi connectivity index (χ4n) is 3.59. The molecule has 114 valence electrons. The van der Waals surface area contributed by atoms with Crippen LogP contribution >= 0.6 is 0 Å². The van der Waals surface area contributed by atoms with Crippen molar-refractivity contribution < 1.29 is 8.98 Å². The van der Waals surface area contributed by atoms with Crippen molar-refractivity contribution in [2.45, 2.75) is 20.7 Å². The monoisotopic (exact) mass is 303 g/mol. The second kappa shape index (κ2) is 5.02. The van der Waals surface area contributed by atoms with Gasteiger partial charge in [-0.2, -0.15) is 0 Å². The minimum absolute atomic E-state index is 0.228. The quantitative estimate of drug-likeness (QED) is 0.508. The molecule has 0 bridgehead atoms. The van der Waals surface area contributed by atoms with Crippen LogP contribution in [-0.2, 0) is 7.05 Å². The zero-order valence-corrected chi connectivity index (χ0v) is 14.0. The van der Waals surface area contributed by atoms with Gasteiger partial charge in [0.25, 0.3) is 5.82 Å². The van der Waals surface area contributed by atoms with Gasteiger partial charge in [-0.25, -0.2) is 4.57 Å². The van der Waals surface area contributed by atoms with E-state index in [1.165, 1.54) is 27.9 Å². The number of para-hydroxylation sites is 1. The number of fused-ring (bicyclic) bond motifs is 3. The van der Waals surface area contributed by atoms with Crippen LogP contribution < -0.4 is 14.8 Å². The van der Waals surface area contributed by atoms with Crippen LogP contribution in [0.4, 0.5) is 5.82 Å². The third-order valence-electron chi connectivity index (χ3n) is 4.71. The second-order valence-electron chi connectivity index (χ2n) is 6.38. The molecule has 1 aliphatic heterocycles. The van der Waals surface area contributed by atoms with E-state index in [1.807, 2.05) is 12.1 Å². The van der Waals surface area contributed by atoms with E-state index in [0.717, 1.165) is 11.3 Å². The fraction of sp³-hybridized carbons (Fsp3) is 0.211. The van der Waals surface area contributed by atoms with Crippen LogP contribution in [0.5, 0.6) is 0 Å². The Morgan fingerprint density at radius 3 is 2.74 bits per heavy atom. The number of aryl methyl sites for hydroxylation is 2. The van der Waals surface area contributed by atoms with E-state index in [1.54, 1.807) is 0 Å². The van der Waals surface area contributed by atoms with Crippen molar-refractivity contribution in [2.75, 3.05) is 4.81 Å². The molecule has 0 radical (unpaired) electrons. The van der Waals surface area contributed by atoms with Crippen molar-refractivity contribution in [3.8, 4) is 0 Å². The van der Waals surface area contributed by atoms with E-state index in [9.17, 15) is 0 Å². The molecule has 0 amide bonds. The van der Waals surface area contributed by atoms with Gasteiger partial charge in [0.2, 0.25) is 0 Å². The van der Waals surface area contributed by atoms with Gasteiger partial charge < -0.3 is 4.42 Å². The largest absolute Gasteiger partial charge is 0.457 e. The molecule has 3 nitrogen and oxygen atoms in total. The standard InChI is InChI=1S/C19H20BN2O/c1-13-9-10-21(4)18(11-13)22-14(2)12-17-19(20(22)3)15-7-5-6-8-16(15)23-17/h5-12H,1-4H3/q+1. The molecule has 3 aromatic rings. The van der Waals surface area contributed by atoms with Crippen LogP contribution in [0.25, 0.3) is 17.0 Å². The van der Waals surface area contributed by atoms with Crippen molar-refractivity contribution >= 4 is 35.2 Å². The Morgan fingerprint density at radius 1 is 1.13 bits per heavy atom. The first-order valence-corrected chi connectivity index (χ1v) is 8.01. The summed E-state index contributed by atoms with van der Waals surface area (Å²) < 4.78 is 8.23. The average Bonchev–Trinajstić information content (AvgIpc) is 2.88. The lowest BCUT2D eigenvalue weighted by molar-refractivity contribution is -0.658. The minimum atomic E-state index is 0.228. The second-order valence-corrected chi connectivity index (χ2v) is 6.38. The third kappa shape index (κ3) is 2.09. The lowest BCUT2D eigenvalue weighted by Crippen LogP contribution is -2.52. The van der Waals surface area contributed by atoms with Crippen molar-refractivity contribution in [2.24, 2.45) is 7.05 Å². The Bertz CT molecular complexity index is 942. The maximum Gasteiger partial charge on any atom is 0.413 e. The van der Waals surface area contributed by atoms with Gasteiger partial charge in [-0.05, 0) is 38.4 Å². The van der Waals surface area contributed by atoms with Crippen molar-refractivity contribution in [1.29, 1.82) is 0 Å². The molecule has 0 spiro atoms. The average molecular weight is 303 g/mol. The summed E-state index contributed by atoms with van der Waals surface area (Å²) in [5, 5.41) is 1.21. The molecule has 0 fully saturated rings. The van der Waals surface area contributed by atoms with E-state index < -0.39 is 0 Å². The molecular formula is C19H20BN2O+. The number of allylic oxidation sites excluding steroid dienone is 1. The molecule has 4 heteroatoms. The molecule has 0 aliphatic carbocycles. The van der Waals surface area contributed by atoms with E-state index in [0.29, 0.717) is 0 Å². The third-order valence-corrected chi connectivity index (χ3v) is 4.71. The number of benzene rings is 1. The molecule has 1 aliphatic rings. The summed E-state index contributed by atoms with van der Waals surface area (Å²) in [7, 11) is 2.10. The molecule has 0 atom stereocenters. The minimum Gasteiger partial charge on any atom is -0.457 e. The maximum absolute atomic E-state index is 6.06. The van der Waals surface area contributed by atoms with Gasteiger partial charge in [0.15, 0.2) is 0 Å². The molecule has 1 aromatic carbocycles. The Hall–Kier alpha value is -2.49. The Kier molecular flexibility index (Phi) is 3.08. The van der Waals surface area contributed by atoms with Gasteiger partial charge >= 0.3 is 6.85 Å². The Balaban J connectivity index is 1.93. The highest BCUT2D eigenvalue weighted by Gasteiger charge is 2.39. The molecule has 23 heavy (non-hydrogen) atoms. The number of furan rings is 1. The summed E-state index contributed by atoms with van der Waals surface area (Å²) in [4.78, 5) is 2.39. The van der Waals surface area contributed by atoms with E-state index >= 15 is 0 Å². The first-order chi connectivity index (χ1) is 11.1. The van der Waals surface area contributed by atoms with E-state index in [2.05, 4.69) is 73.6 Å². The molecule has 0 saturated heterocycles. The van der Waals surface area contributed by atoms with Crippen molar-refractivity contribution in [3.63, 3.8) is 0 Å². The first-order valence-electron chi connectivity index (χ1n) is 8.01. The van der Waals surface area contributed by atoms with Crippen molar-refractivity contribution in [1.82, 2.24) is 0 Å². The number of rotatable bonds is 1. The highest BCUT2D eigenvalue weighted by molar-refractivity contribution is 6.79. The van der Waals surface area contributed by atoms with Crippen LogP contribution in [-0.4, -0.2) is 6.85 Å². The fourth-order valence-corrected chi connectivity index (χ4v) is 3.59. The van der Waals surface area contributed by atoms with Crippen LogP contribution in [0, 0.1) is 6.92 Å². The molecule has 2 aromatic heterocycles. The zero-order chi connectivity index (χ0) is 16.1. The lowest BCUT2D eigenvalue weighted by Gasteiger charge is -2.26. The normalized spacial score (nSPS) is 14.2. The van der Waals surface area contributed by atoms with Gasteiger partial charge in [0.1, 0.15) is 11.3 Å². The highest BCUT2D eigenvalue weighted by atomic mass is 16.3. The molecule has 4 rings (SSSR count). The smallest absolute Gasteiger partial charge is 0.413 e. The Labute approximate surface area is 136 Å². The summed E-state index contributed by atoms with van der Waals surface area (Å²) in [5.74, 6) is 2.19. The van der Waals surface area contributed by atoms with Gasteiger partial charge in [0.05, 0.1) is 18.9 Å². The van der Waals surface area contributed by atoms with Crippen LogP contribution in [0.1, 0.15) is 18.2 Å². The number of pyridine rings is 1. The zero-order valence-electron chi connectivity index (χ0n) is 14.0. The number of aromatic nitrogens is 1. The molecule has 0 saturated carbocycles. The van der Waals surface area contributed by atoms with Crippen molar-refractivity contribution in [3.05, 3.63) is 59.6 Å². The SMILES string of the molecule is CB1c2c(oc3ccccc23)C=C(C)N1c1cc(C)cc[n+]1C. The summed E-state index contributed by atoms with van der Waals surface area (Å²) in [6.07, 6.45) is 4.27. The molecular weight excluding hydrogens is 283 g/mol. The summed E-state index contributed by atoms with van der Waals surface area (Å²) in [6, 6.07) is 12.7. The van der Waals surface area contributed by atoms with Gasteiger partial charge in [-0.3, -0.25) is 4.81 Å². The predicted octanol–water partition coefficient (Wildman–Crippen LogP) is 3.28.